The number of halogens is 1. The molecule has 0 aromatic heterocycles. The third-order valence-electron chi connectivity index (χ3n) is 2.99. The number of nitrogens with zero attached hydrogens (tertiary/aromatic N) is 1. The predicted octanol–water partition coefficient (Wildman–Crippen LogP) is 3.27. The highest BCUT2D eigenvalue weighted by molar-refractivity contribution is 9.10. The summed E-state index contributed by atoms with van der Waals surface area (Å²) in [5.74, 6) is 0.592. The number of rotatable bonds is 6. The topological polar surface area (TPSA) is 78.9 Å². The quantitative estimate of drug-likeness (QED) is 0.835. The van der Waals surface area contributed by atoms with E-state index in [1.165, 1.54) is 0 Å². The standard InChI is InChI=1S/C15H20BrN3O/c1-10(2)5-11(8-17)6-15(20)19-14-4-3-13(16)7-12(14)9-18/h3-4,7,10-11H,5-6,8,17H2,1-2H3,(H,19,20). The van der Waals surface area contributed by atoms with Gasteiger partial charge in [-0.1, -0.05) is 29.8 Å². The third-order valence-corrected chi connectivity index (χ3v) is 3.48. The molecule has 1 amide bonds. The van der Waals surface area contributed by atoms with Gasteiger partial charge in [0.05, 0.1) is 11.3 Å². The van der Waals surface area contributed by atoms with Gasteiger partial charge in [0, 0.05) is 10.9 Å². The molecule has 0 saturated carbocycles. The lowest BCUT2D eigenvalue weighted by molar-refractivity contribution is -0.117. The first-order chi connectivity index (χ1) is 9.46. The summed E-state index contributed by atoms with van der Waals surface area (Å²) in [7, 11) is 0. The molecule has 0 bridgehead atoms. The minimum Gasteiger partial charge on any atom is -0.330 e. The molecule has 1 aromatic carbocycles. The van der Waals surface area contributed by atoms with Crippen molar-refractivity contribution in [3.63, 3.8) is 0 Å². The molecule has 0 aliphatic carbocycles. The van der Waals surface area contributed by atoms with Gasteiger partial charge in [-0.25, -0.2) is 0 Å². The fourth-order valence-electron chi connectivity index (χ4n) is 2.11. The van der Waals surface area contributed by atoms with Crippen molar-refractivity contribution in [2.24, 2.45) is 17.6 Å². The molecule has 1 rings (SSSR count). The van der Waals surface area contributed by atoms with Crippen LogP contribution in [0.3, 0.4) is 0 Å². The number of hydrogen-bond donors (Lipinski definition) is 2. The number of nitrogens with two attached hydrogens (primary N) is 1. The molecule has 4 nitrogen and oxygen atoms in total. The average Bonchev–Trinajstić information content (AvgIpc) is 2.39. The Morgan fingerprint density at radius 2 is 2.20 bits per heavy atom. The van der Waals surface area contributed by atoms with Crippen molar-refractivity contribution < 1.29 is 4.79 Å². The maximum atomic E-state index is 12.0. The van der Waals surface area contributed by atoms with Crippen molar-refractivity contribution in [1.29, 1.82) is 5.26 Å². The van der Waals surface area contributed by atoms with Gasteiger partial charge in [0.15, 0.2) is 0 Å². The Labute approximate surface area is 128 Å². The van der Waals surface area contributed by atoms with E-state index in [0.29, 0.717) is 30.1 Å². The lowest BCUT2D eigenvalue weighted by Gasteiger charge is -2.16. The lowest BCUT2D eigenvalue weighted by atomic mass is 9.94. The van der Waals surface area contributed by atoms with Gasteiger partial charge < -0.3 is 11.1 Å². The van der Waals surface area contributed by atoms with E-state index in [-0.39, 0.29) is 11.8 Å². The minimum atomic E-state index is -0.0973. The monoisotopic (exact) mass is 337 g/mol. The van der Waals surface area contributed by atoms with Gasteiger partial charge in [0.2, 0.25) is 5.91 Å². The van der Waals surface area contributed by atoms with E-state index in [2.05, 4.69) is 41.2 Å². The van der Waals surface area contributed by atoms with E-state index < -0.39 is 0 Å². The first-order valence-electron chi connectivity index (χ1n) is 6.65. The summed E-state index contributed by atoms with van der Waals surface area (Å²) in [5, 5.41) is 11.8. The molecule has 0 spiro atoms. The highest BCUT2D eigenvalue weighted by Gasteiger charge is 2.15. The highest BCUT2D eigenvalue weighted by Crippen LogP contribution is 2.21. The summed E-state index contributed by atoms with van der Waals surface area (Å²) < 4.78 is 0.812. The summed E-state index contributed by atoms with van der Waals surface area (Å²) in [6.07, 6.45) is 1.31. The number of nitrogens with one attached hydrogen (secondary N) is 1. The largest absolute Gasteiger partial charge is 0.330 e. The summed E-state index contributed by atoms with van der Waals surface area (Å²) in [5.41, 5.74) is 6.69. The van der Waals surface area contributed by atoms with Gasteiger partial charge in [-0.05, 0) is 43.0 Å². The third kappa shape index (κ3) is 5.32. The van der Waals surface area contributed by atoms with E-state index >= 15 is 0 Å². The lowest BCUT2D eigenvalue weighted by Crippen LogP contribution is -2.23. The molecule has 0 radical (unpaired) electrons. The number of carbonyl (C=O) groups excluding carboxylic acids is 1. The van der Waals surface area contributed by atoms with Gasteiger partial charge in [-0.3, -0.25) is 4.79 Å². The van der Waals surface area contributed by atoms with E-state index in [4.69, 9.17) is 11.0 Å². The van der Waals surface area contributed by atoms with Gasteiger partial charge >= 0.3 is 0 Å². The normalized spacial score (nSPS) is 12.0. The molecule has 0 fully saturated rings. The van der Waals surface area contributed by atoms with Crippen LogP contribution >= 0.6 is 15.9 Å². The molecule has 0 heterocycles. The van der Waals surface area contributed by atoms with Crippen molar-refractivity contribution in [3.8, 4) is 6.07 Å². The van der Waals surface area contributed by atoms with E-state index in [9.17, 15) is 4.79 Å². The molecule has 1 atom stereocenters. The smallest absolute Gasteiger partial charge is 0.224 e. The fourth-order valence-corrected chi connectivity index (χ4v) is 2.47. The van der Waals surface area contributed by atoms with Crippen LogP contribution in [0.25, 0.3) is 0 Å². The molecular weight excluding hydrogens is 318 g/mol. The van der Waals surface area contributed by atoms with Crippen LogP contribution in [-0.4, -0.2) is 12.5 Å². The highest BCUT2D eigenvalue weighted by atomic mass is 79.9. The fraction of sp³-hybridized carbons (Fsp3) is 0.467. The Bertz CT molecular complexity index is 508. The van der Waals surface area contributed by atoms with Crippen molar-refractivity contribution in [2.75, 3.05) is 11.9 Å². The average molecular weight is 338 g/mol. The van der Waals surface area contributed by atoms with Gasteiger partial charge in [0.25, 0.3) is 0 Å². The maximum absolute atomic E-state index is 12.0. The molecule has 1 unspecified atom stereocenters. The summed E-state index contributed by atoms with van der Waals surface area (Å²) in [6, 6.07) is 7.28. The van der Waals surface area contributed by atoms with Crippen LogP contribution in [-0.2, 0) is 4.79 Å². The predicted molar refractivity (Wildman–Crippen MR) is 84.1 cm³/mol. The molecular formula is C15H20BrN3O. The van der Waals surface area contributed by atoms with Crippen LogP contribution in [0.4, 0.5) is 5.69 Å². The van der Waals surface area contributed by atoms with Crippen molar-refractivity contribution in [1.82, 2.24) is 0 Å². The first-order valence-corrected chi connectivity index (χ1v) is 7.45. The second-order valence-electron chi connectivity index (χ2n) is 5.29. The molecule has 1 aromatic rings. The van der Waals surface area contributed by atoms with Crippen LogP contribution in [0.1, 0.15) is 32.3 Å². The zero-order valence-electron chi connectivity index (χ0n) is 11.8. The zero-order chi connectivity index (χ0) is 15.1. The van der Waals surface area contributed by atoms with Gasteiger partial charge in [0.1, 0.15) is 6.07 Å². The first kappa shape index (κ1) is 16.7. The van der Waals surface area contributed by atoms with Crippen LogP contribution in [0.2, 0.25) is 0 Å². The van der Waals surface area contributed by atoms with Crippen molar-refractivity contribution >= 4 is 27.5 Å². The number of carbonyl (C=O) groups is 1. The Kier molecular flexibility index (Phi) is 6.69. The van der Waals surface area contributed by atoms with E-state index in [0.717, 1.165) is 10.9 Å². The van der Waals surface area contributed by atoms with E-state index in [1.807, 2.05) is 0 Å². The van der Waals surface area contributed by atoms with Crippen molar-refractivity contribution in [3.05, 3.63) is 28.2 Å². The SMILES string of the molecule is CC(C)CC(CN)CC(=O)Nc1ccc(Br)cc1C#N. The van der Waals surface area contributed by atoms with Crippen molar-refractivity contribution in [2.45, 2.75) is 26.7 Å². The summed E-state index contributed by atoms with van der Waals surface area (Å²) >= 11 is 3.30. The number of amides is 1. The maximum Gasteiger partial charge on any atom is 0.224 e. The Morgan fingerprint density at radius 3 is 2.75 bits per heavy atom. The van der Waals surface area contributed by atoms with E-state index in [1.54, 1.807) is 18.2 Å². The molecule has 3 N–H and O–H groups in total. The number of benzene rings is 1. The molecule has 5 heteroatoms. The number of anilines is 1. The second-order valence-corrected chi connectivity index (χ2v) is 6.20. The number of nitriles is 1. The number of hydrogen-bond acceptors (Lipinski definition) is 3. The van der Waals surface area contributed by atoms with Gasteiger partial charge in [-0.2, -0.15) is 5.26 Å². The zero-order valence-corrected chi connectivity index (χ0v) is 13.4. The molecule has 0 saturated heterocycles. The molecule has 0 aliphatic heterocycles. The van der Waals surface area contributed by atoms with Crippen LogP contribution < -0.4 is 11.1 Å². The molecule has 20 heavy (non-hydrogen) atoms. The molecule has 0 aliphatic rings. The van der Waals surface area contributed by atoms with Crippen LogP contribution in [0.15, 0.2) is 22.7 Å². The summed E-state index contributed by atoms with van der Waals surface area (Å²) in [4.78, 5) is 12.0. The Morgan fingerprint density at radius 1 is 1.50 bits per heavy atom. The Hall–Kier alpha value is -1.38. The summed E-state index contributed by atoms with van der Waals surface area (Å²) in [6.45, 7) is 4.73. The second kappa shape index (κ2) is 8.03. The van der Waals surface area contributed by atoms with Crippen LogP contribution in [0.5, 0.6) is 0 Å². The van der Waals surface area contributed by atoms with Gasteiger partial charge in [-0.15, -0.1) is 0 Å². The Balaban J connectivity index is 2.69. The molecule has 108 valence electrons. The minimum absolute atomic E-state index is 0.0973. The van der Waals surface area contributed by atoms with Crippen LogP contribution in [0, 0.1) is 23.2 Å².